The van der Waals surface area contributed by atoms with Crippen LogP contribution in [0.4, 0.5) is 0 Å². The van der Waals surface area contributed by atoms with Crippen LogP contribution in [-0.4, -0.2) is 34.6 Å². The molecule has 1 unspecified atom stereocenters. The van der Waals surface area contributed by atoms with E-state index in [1.807, 2.05) is 43.3 Å². The molecule has 2 amide bonds. The molecule has 1 atom stereocenters. The van der Waals surface area contributed by atoms with Crippen LogP contribution < -0.4 is 5.32 Å². The van der Waals surface area contributed by atoms with E-state index < -0.39 is 6.04 Å². The normalized spacial score (nSPS) is 14.9. The Labute approximate surface area is 205 Å². The second kappa shape index (κ2) is 12.1. The summed E-state index contributed by atoms with van der Waals surface area (Å²) in [5, 5.41) is 3.14. The minimum atomic E-state index is -0.509. The Morgan fingerprint density at radius 2 is 1.55 bits per heavy atom. The van der Waals surface area contributed by atoms with Gasteiger partial charge < -0.3 is 10.2 Å². The Balaban J connectivity index is 1.64. The van der Waals surface area contributed by atoms with Crippen LogP contribution in [0.1, 0.15) is 43.7 Å². The highest BCUT2D eigenvalue weighted by Crippen LogP contribution is 2.20. The van der Waals surface area contributed by atoms with Crippen LogP contribution in [0.2, 0.25) is 0 Å². The van der Waals surface area contributed by atoms with Crippen LogP contribution >= 0.6 is 43.6 Å². The number of hydrogen-bond donors (Lipinski definition) is 1. The van der Waals surface area contributed by atoms with Gasteiger partial charge in [-0.1, -0.05) is 69.0 Å². The molecule has 166 valence electrons. The zero-order valence-electron chi connectivity index (χ0n) is 17.7. The van der Waals surface area contributed by atoms with Crippen molar-refractivity contribution >= 4 is 55.4 Å². The fourth-order valence-electron chi connectivity index (χ4n) is 3.68. The first-order valence-electron chi connectivity index (χ1n) is 10.6. The number of benzene rings is 2. The summed E-state index contributed by atoms with van der Waals surface area (Å²) in [5.41, 5.74) is 2.18. The first kappa shape index (κ1) is 24.3. The van der Waals surface area contributed by atoms with Gasteiger partial charge in [0.2, 0.25) is 11.8 Å². The van der Waals surface area contributed by atoms with E-state index in [-0.39, 0.29) is 17.9 Å². The van der Waals surface area contributed by atoms with Crippen LogP contribution in [-0.2, 0) is 21.9 Å². The number of nitrogens with zero attached hydrogens (tertiary/aromatic N) is 1. The number of carbonyl (C=O) groups excluding carboxylic acids is 2. The molecule has 7 heteroatoms. The molecule has 3 rings (SSSR count). The van der Waals surface area contributed by atoms with E-state index in [0.717, 1.165) is 45.9 Å². The summed E-state index contributed by atoms with van der Waals surface area (Å²) < 4.78 is 2.03. The standard InChI is InChI=1S/C24H28Br2N2O2S/c1-17(24(30)27-22-4-2-3-5-22)28(14-18-6-10-20(25)11-7-18)23(29)16-31-15-19-8-12-21(26)13-9-19/h6-13,17,22H,2-5,14-16H2,1H3,(H,27,30). The molecule has 1 saturated carbocycles. The highest BCUT2D eigenvalue weighted by molar-refractivity contribution is 9.10. The number of amides is 2. The van der Waals surface area contributed by atoms with Gasteiger partial charge in [-0.25, -0.2) is 0 Å². The molecule has 1 N–H and O–H groups in total. The summed E-state index contributed by atoms with van der Waals surface area (Å²) in [7, 11) is 0. The molecule has 31 heavy (non-hydrogen) atoms. The molecule has 0 aromatic heterocycles. The molecule has 1 aliphatic rings. The molecule has 0 radical (unpaired) electrons. The molecular formula is C24H28Br2N2O2S. The number of thioether (sulfide) groups is 1. The Morgan fingerprint density at radius 1 is 1.00 bits per heavy atom. The molecular weight excluding hydrogens is 540 g/mol. The lowest BCUT2D eigenvalue weighted by molar-refractivity contribution is -0.138. The van der Waals surface area contributed by atoms with E-state index in [1.54, 1.807) is 16.7 Å². The fourth-order valence-corrected chi connectivity index (χ4v) is 5.08. The number of halogens is 2. The van der Waals surface area contributed by atoms with E-state index in [9.17, 15) is 9.59 Å². The van der Waals surface area contributed by atoms with Crippen LogP contribution in [0, 0.1) is 0 Å². The van der Waals surface area contributed by atoms with Gasteiger partial charge in [0.1, 0.15) is 6.04 Å². The van der Waals surface area contributed by atoms with Gasteiger partial charge in [-0.15, -0.1) is 11.8 Å². The predicted octanol–water partition coefficient (Wildman–Crippen LogP) is 5.92. The third-order valence-electron chi connectivity index (χ3n) is 5.54. The predicted molar refractivity (Wildman–Crippen MR) is 135 cm³/mol. The van der Waals surface area contributed by atoms with Gasteiger partial charge in [-0.3, -0.25) is 9.59 Å². The summed E-state index contributed by atoms with van der Waals surface area (Å²) >= 11 is 8.47. The first-order chi connectivity index (χ1) is 14.9. The Kier molecular flexibility index (Phi) is 9.48. The average Bonchev–Trinajstić information content (AvgIpc) is 3.27. The van der Waals surface area contributed by atoms with Crippen molar-refractivity contribution in [2.45, 2.75) is 57.0 Å². The van der Waals surface area contributed by atoms with Gasteiger partial charge in [0.25, 0.3) is 0 Å². The Bertz CT molecular complexity index is 868. The quantitative estimate of drug-likeness (QED) is 0.409. The summed E-state index contributed by atoms with van der Waals surface area (Å²) in [5.74, 6) is 1.02. The van der Waals surface area contributed by atoms with Gasteiger partial charge >= 0.3 is 0 Å². The van der Waals surface area contributed by atoms with Gasteiger partial charge in [0.15, 0.2) is 0 Å². The fraction of sp³-hybridized carbons (Fsp3) is 0.417. The lowest BCUT2D eigenvalue weighted by atomic mass is 10.1. The van der Waals surface area contributed by atoms with Crippen molar-refractivity contribution < 1.29 is 9.59 Å². The molecule has 0 saturated heterocycles. The Morgan fingerprint density at radius 3 is 2.13 bits per heavy atom. The summed E-state index contributed by atoms with van der Waals surface area (Å²) in [4.78, 5) is 27.8. The third-order valence-corrected chi connectivity index (χ3v) is 7.59. The SMILES string of the molecule is CC(C(=O)NC1CCCC1)N(Cc1ccc(Br)cc1)C(=O)CSCc1ccc(Br)cc1. The first-order valence-corrected chi connectivity index (χ1v) is 13.3. The Hall–Kier alpha value is -1.31. The molecule has 0 spiro atoms. The zero-order valence-corrected chi connectivity index (χ0v) is 21.6. The molecule has 0 aliphatic heterocycles. The molecule has 1 aliphatic carbocycles. The number of nitrogens with one attached hydrogen (secondary N) is 1. The second-order valence-corrected chi connectivity index (χ2v) is 10.8. The van der Waals surface area contributed by atoms with Gasteiger partial charge in [0, 0.05) is 27.3 Å². The van der Waals surface area contributed by atoms with E-state index in [1.165, 1.54) is 5.56 Å². The van der Waals surface area contributed by atoms with E-state index in [2.05, 4.69) is 49.3 Å². The van der Waals surface area contributed by atoms with Gasteiger partial charge in [0.05, 0.1) is 5.75 Å². The summed E-state index contributed by atoms with van der Waals surface area (Å²) in [6.45, 7) is 2.25. The van der Waals surface area contributed by atoms with Gasteiger partial charge in [-0.05, 0) is 55.2 Å². The summed E-state index contributed by atoms with van der Waals surface area (Å²) in [6, 6.07) is 15.8. The van der Waals surface area contributed by atoms with Crippen LogP contribution in [0.15, 0.2) is 57.5 Å². The molecule has 2 aromatic rings. The number of carbonyl (C=O) groups is 2. The average molecular weight is 568 g/mol. The van der Waals surface area contributed by atoms with Crippen molar-refractivity contribution in [2.24, 2.45) is 0 Å². The van der Waals surface area contributed by atoms with Gasteiger partial charge in [-0.2, -0.15) is 0 Å². The smallest absolute Gasteiger partial charge is 0.242 e. The van der Waals surface area contributed by atoms with Crippen molar-refractivity contribution in [1.29, 1.82) is 0 Å². The summed E-state index contributed by atoms with van der Waals surface area (Å²) in [6.07, 6.45) is 4.38. The van der Waals surface area contributed by atoms with Crippen molar-refractivity contribution in [1.82, 2.24) is 10.2 Å². The highest BCUT2D eigenvalue weighted by Gasteiger charge is 2.28. The molecule has 0 bridgehead atoms. The van der Waals surface area contributed by atoms with E-state index >= 15 is 0 Å². The minimum absolute atomic E-state index is 0.0147. The number of hydrogen-bond acceptors (Lipinski definition) is 3. The lowest BCUT2D eigenvalue weighted by Crippen LogP contribution is -2.50. The highest BCUT2D eigenvalue weighted by atomic mass is 79.9. The van der Waals surface area contributed by atoms with Crippen LogP contribution in [0.25, 0.3) is 0 Å². The molecule has 4 nitrogen and oxygen atoms in total. The monoisotopic (exact) mass is 566 g/mol. The van der Waals surface area contributed by atoms with Crippen molar-refractivity contribution in [2.75, 3.05) is 5.75 Å². The third kappa shape index (κ3) is 7.65. The maximum Gasteiger partial charge on any atom is 0.242 e. The largest absolute Gasteiger partial charge is 0.352 e. The number of rotatable bonds is 9. The van der Waals surface area contributed by atoms with Crippen molar-refractivity contribution in [3.63, 3.8) is 0 Å². The van der Waals surface area contributed by atoms with Crippen LogP contribution in [0.5, 0.6) is 0 Å². The maximum absolute atomic E-state index is 13.2. The maximum atomic E-state index is 13.2. The zero-order chi connectivity index (χ0) is 22.2. The van der Waals surface area contributed by atoms with E-state index in [0.29, 0.717) is 12.3 Å². The minimum Gasteiger partial charge on any atom is -0.352 e. The van der Waals surface area contributed by atoms with Crippen molar-refractivity contribution in [3.05, 3.63) is 68.6 Å². The molecule has 2 aromatic carbocycles. The van der Waals surface area contributed by atoms with E-state index in [4.69, 9.17) is 0 Å². The molecule has 0 heterocycles. The topological polar surface area (TPSA) is 49.4 Å². The molecule has 1 fully saturated rings. The van der Waals surface area contributed by atoms with Crippen LogP contribution in [0.3, 0.4) is 0 Å². The second-order valence-electron chi connectivity index (χ2n) is 7.93. The lowest BCUT2D eigenvalue weighted by Gasteiger charge is -2.29. The van der Waals surface area contributed by atoms with Crippen molar-refractivity contribution in [3.8, 4) is 0 Å².